The van der Waals surface area contributed by atoms with E-state index in [1.165, 1.54) is 23.1 Å². The molecule has 0 fully saturated rings. The first kappa shape index (κ1) is 20.8. The number of anilines is 1. The molecule has 0 spiro atoms. The third-order valence-corrected chi connectivity index (χ3v) is 6.28. The largest absolute Gasteiger partial charge is 0.294 e. The van der Waals surface area contributed by atoms with E-state index in [1.807, 2.05) is 0 Å². The third kappa shape index (κ3) is 3.60. The van der Waals surface area contributed by atoms with Gasteiger partial charge in [-0.05, 0) is 36.6 Å². The summed E-state index contributed by atoms with van der Waals surface area (Å²) in [6.07, 6.45) is 1.42. The van der Waals surface area contributed by atoms with Crippen LogP contribution in [0.4, 0.5) is 11.4 Å². The smallest absolute Gasteiger partial charge is 0.271 e. The Morgan fingerprint density at radius 3 is 2.47 bits per heavy atom. The number of nitro groups is 1. The number of hydrogen-bond acceptors (Lipinski definition) is 4. The second-order valence-corrected chi connectivity index (χ2v) is 8.43. The number of nitrogens with zero attached hydrogens (tertiary/aromatic N) is 2. The average Bonchev–Trinajstić information content (AvgIpc) is 2.68. The molecule has 1 unspecified atom stereocenters. The van der Waals surface area contributed by atoms with Crippen LogP contribution >= 0.6 is 34.8 Å². The monoisotopic (exact) mass is 464 g/mol. The molecule has 154 valence electrons. The van der Waals surface area contributed by atoms with Gasteiger partial charge in [-0.3, -0.25) is 24.6 Å². The fraction of sp³-hybridized carbons (Fsp3) is 0.238. The average molecular weight is 466 g/mol. The molecular weight excluding hydrogens is 451 g/mol. The number of nitro benzene ring substituents is 1. The molecule has 0 radical (unpaired) electrons. The minimum Gasteiger partial charge on any atom is -0.294 e. The molecule has 2 aliphatic rings. The normalized spacial score (nSPS) is 19.2. The van der Waals surface area contributed by atoms with Gasteiger partial charge in [0.05, 0.1) is 15.6 Å². The molecular formula is C21H15Cl3N2O4. The van der Waals surface area contributed by atoms with E-state index in [0.29, 0.717) is 46.1 Å². The summed E-state index contributed by atoms with van der Waals surface area (Å²) in [5, 5.41) is 12.3. The van der Waals surface area contributed by atoms with Gasteiger partial charge in [-0.25, -0.2) is 0 Å². The summed E-state index contributed by atoms with van der Waals surface area (Å²) in [6, 6.07) is 8.91. The van der Waals surface area contributed by atoms with Crippen LogP contribution in [-0.4, -0.2) is 16.6 Å². The van der Waals surface area contributed by atoms with Crippen molar-refractivity contribution in [2.75, 3.05) is 4.90 Å². The van der Waals surface area contributed by atoms with Crippen LogP contribution in [-0.2, 0) is 9.59 Å². The fourth-order valence-electron chi connectivity index (χ4n) is 4.11. The Labute approximate surface area is 187 Å². The van der Waals surface area contributed by atoms with Gasteiger partial charge in [-0.15, -0.1) is 0 Å². The molecule has 1 aliphatic carbocycles. The summed E-state index contributed by atoms with van der Waals surface area (Å²) in [6.45, 7) is 0. The second-order valence-electron chi connectivity index (χ2n) is 7.18. The van der Waals surface area contributed by atoms with Gasteiger partial charge in [0.15, 0.2) is 5.78 Å². The Bertz CT molecular complexity index is 1130. The van der Waals surface area contributed by atoms with E-state index < -0.39 is 10.8 Å². The first-order chi connectivity index (χ1) is 14.3. The number of carbonyl (C=O) groups excluding carboxylic acids is 2. The maximum atomic E-state index is 13.2. The first-order valence-corrected chi connectivity index (χ1v) is 10.4. The number of rotatable bonds is 3. The van der Waals surface area contributed by atoms with Gasteiger partial charge < -0.3 is 0 Å². The van der Waals surface area contributed by atoms with Crippen LogP contribution in [0.2, 0.25) is 15.1 Å². The fourth-order valence-corrected chi connectivity index (χ4v) is 4.85. The van der Waals surface area contributed by atoms with Gasteiger partial charge in [0.1, 0.15) is 0 Å². The number of benzene rings is 2. The van der Waals surface area contributed by atoms with E-state index in [0.717, 1.165) is 0 Å². The van der Waals surface area contributed by atoms with Gasteiger partial charge in [-0.1, -0.05) is 40.9 Å². The van der Waals surface area contributed by atoms with Crippen LogP contribution < -0.4 is 4.90 Å². The summed E-state index contributed by atoms with van der Waals surface area (Å²) in [4.78, 5) is 38.2. The first-order valence-electron chi connectivity index (χ1n) is 9.26. The lowest BCUT2D eigenvalue weighted by molar-refractivity contribution is -0.384. The molecule has 0 aromatic heterocycles. The maximum Gasteiger partial charge on any atom is 0.271 e. The number of ketones is 1. The van der Waals surface area contributed by atoms with Gasteiger partial charge in [0.25, 0.3) is 5.69 Å². The topological polar surface area (TPSA) is 80.5 Å². The second kappa shape index (κ2) is 8.02. The predicted molar refractivity (Wildman–Crippen MR) is 115 cm³/mol. The van der Waals surface area contributed by atoms with Crippen molar-refractivity contribution >= 4 is 57.9 Å². The highest BCUT2D eigenvalue weighted by Gasteiger charge is 2.41. The zero-order chi connectivity index (χ0) is 21.6. The minimum absolute atomic E-state index is 0.00898. The van der Waals surface area contributed by atoms with Crippen LogP contribution in [0.1, 0.15) is 37.2 Å². The molecule has 2 aromatic rings. The SMILES string of the molecule is O=C1CCCC2=C1C(c1ccc(Cl)cc1Cl)CC(=O)N2c1cc([N+](=O)[O-])ccc1Cl. The van der Waals surface area contributed by atoms with Gasteiger partial charge in [0, 0.05) is 52.2 Å². The Balaban J connectivity index is 1.90. The van der Waals surface area contributed by atoms with Crippen LogP contribution in [0.3, 0.4) is 0 Å². The molecule has 1 heterocycles. The molecule has 0 bridgehead atoms. The number of allylic oxidation sites excluding steroid dienone is 2. The highest BCUT2D eigenvalue weighted by molar-refractivity contribution is 6.35. The van der Waals surface area contributed by atoms with E-state index in [4.69, 9.17) is 34.8 Å². The summed E-state index contributed by atoms with van der Waals surface area (Å²) in [5.41, 5.74) is 1.71. The zero-order valence-corrected chi connectivity index (χ0v) is 17.8. The highest BCUT2D eigenvalue weighted by atomic mass is 35.5. The Morgan fingerprint density at radius 1 is 1.00 bits per heavy atom. The van der Waals surface area contributed by atoms with Crippen molar-refractivity contribution in [1.29, 1.82) is 0 Å². The quantitative estimate of drug-likeness (QED) is 0.406. The Morgan fingerprint density at radius 2 is 1.77 bits per heavy atom. The van der Waals surface area contributed by atoms with Crippen molar-refractivity contribution < 1.29 is 14.5 Å². The maximum absolute atomic E-state index is 13.2. The number of amides is 1. The van der Waals surface area contributed by atoms with Crippen molar-refractivity contribution in [3.8, 4) is 0 Å². The molecule has 0 saturated heterocycles. The number of hydrogen-bond donors (Lipinski definition) is 0. The Hall–Kier alpha value is -2.41. The molecule has 2 aromatic carbocycles. The van der Waals surface area contributed by atoms with Crippen molar-refractivity contribution in [3.05, 3.63) is 78.4 Å². The number of Topliss-reactive ketones (excluding diaryl/α,β-unsaturated/α-hetero) is 1. The lowest BCUT2D eigenvalue weighted by atomic mass is 9.77. The lowest BCUT2D eigenvalue weighted by Crippen LogP contribution is -2.40. The van der Waals surface area contributed by atoms with Gasteiger partial charge in [0.2, 0.25) is 5.91 Å². The van der Waals surface area contributed by atoms with E-state index in [2.05, 4.69) is 0 Å². The molecule has 0 saturated carbocycles. The van der Waals surface area contributed by atoms with E-state index in [-0.39, 0.29) is 34.5 Å². The van der Waals surface area contributed by atoms with Crippen LogP contribution in [0.5, 0.6) is 0 Å². The molecule has 1 amide bonds. The number of non-ortho nitro benzene ring substituents is 1. The summed E-state index contributed by atoms with van der Waals surface area (Å²) in [7, 11) is 0. The molecule has 4 rings (SSSR count). The number of carbonyl (C=O) groups is 2. The third-order valence-electron chi connectivity index (χ3n) is 5.39. The molecule has 9 heteroatoms. The van der Waals surface area contributed by atoms with Crippen LogP contribution in [0.15, 0.2) is 47.7 Å². The molecule has 0 N–H and O–H groups in total. The van der Waals surface area contributed by atoms with E-state index in [9.17, 15) is 19.7 Å². The molecule has 1 aliphatic heterocycles. The molecule has 30 heavy (non-hydrogen) atoms. The molecule has 6 nitrogen and oxygen atoms in total. The van der Waals surface area contributed by atoms with E-state index in [1.54, 1.807) is 18.2 Å². The van der Waals surface area contributed by atoms with Crippen molar-refractivity contribution in [2.45, 2.75) is 31.6 Å². The van der Waals surface area contributed by atoms with Gasteiger partial charge >= 0.3 is 0 Å². The lowest BCUT2D eigenvalue weighted by Gasteiger charge is -2.38. The zero-order valence-electron chi connectivity index (χ0n) is 15.5. The van der Waals surface area contributed by atoms with E-state index >= 15 is 0 Å². The standard InChI is InChI=1S/C21H15Cl3N2O4/c22-11-4-6-13(16(24)8-11)14-10-20(28)25(17-2-1-3-19(27)21(14)17)18-9-12(26(29)30)5-7-15(18)23/h4-9,14H,1-3,10H2. The van der Waals surface area contributed by atoms with Crippen molar-refractivity contribution in [1.82, 2.24) is 0 Å². The van der Waals surface area contributed by atoms with Crippen molar-refractivity contribution in [2.24, 2.45) is 0 Å². The minimum atomic E-state index is -0.550. The summed E-state index contributed by atoms with van der Waals surface area (Å²) >= 11 is 18.7. The van der Waals surface area contributed by atoms with Crippen LogP contribution in [0.25, 0.3) is 0 Å². The Kier molecular flexibility index (Phi) is 5.57. The van der Waals surface area contributed by atoms with Crippen LogP contribution in [0, 0.1) is 10.1 Å². The van der Waals surface area contributed by atoms with Crippen molar-refractivity contribution in [3.63, 3.8) is 0 Å². The summed E-state index contributed by atoms with van der Waals surface area (Å²) in [5.74, 6) is -0.869. The predicted octanol–water partition coefficient (Wildman–Crippen LogP) is 6.08. The molecule has 1 atom stereocenters. The highest BCUT2D eigenvalue weighted by Crippen LogP contribution is 2.46. The number of halogens is 3. The summed E-state index contributed by atoms with van der Waals surface area (Å²) < 4.78 is 0. The van der Waals surface area contributed by atoms with Gasteiger partial charge in [-0.2, -0.15) is 0 Å².